The number of furan rings is 1. The summed E-state index contributed by atoms with van der Waals surface area (Å²) in [7, 11) is 1.65. The molecule has 0 fully saturated rings. The molecule has 1 aliphatic rings. The van der Waals surface area contributed by atoms with Crippen molar-refractivity contribution < 1.29 is 14.0 Å². The average molecular weight is 297 g/mol. The van der Waals surface area contributed by atoms with Gasteiger partial charge in [0.1, 0.15) is 17.8 Å². The summed E-state index contributed by atoms with van der Waals surface area (Å²) in [6, 6.07) is 5.39. The van der Waals surface area contributed by atoms with Crippen LogP contribution in [0.3, 0.4) is 0 Å². The van der Waals surface area contributed by atoms with E-state index in [4.69, 9.17) is 4.42 Å². The third-order valence-electron chi connectivity index (χ3n) is 3.77. The van der Waals surface area contributed by atoms with E-state index in [2.05, 4.69) is 20.5 Å². The van der Waals surface area contributed by atoms with E-state index in [0.717, 1.165) is 5.39 Å². The average Bonchev–Trinajstić information content (AvgIpc) is 3.20. The number of aromatic amines is 1. The Morgan fingerprint density at radius 2 is 2.32 bits per heavy atom. The van der Waals surface area contributed by atoms with Crippen LogP contribution in [0.25, 0.3) is 11.0 Å². The number of anilines is 2. The van der Waals surface area contributed by atoms with Crippen molar-refractivity contribution >= 4 is 34.4 Å². The molecule has 110 valence electrons. The highest BCUT2D eigenvalue weighted by Crippen LogP contribution is 2.39. The predicted octanol–water partition coefficient (Wildman–Crippen LogP) is 1.25. The second kappa shape index (κ2) is 4.42. The van der Waals surface area contributed by atoms with Crippen molar-refractivity contribution in [3.63, 3.8) is 0 Å². The topological polar surface area (TPSA) is 104 Å². The second-order valence-electron chi connectivity index (χ2n) is 5.02. The maximum Gasteiger partial charge on any atom is 0.243 e. The Balaban J connectivity index is 1.77. The maximum absolute atomic E-state index is 12.4. The minimum absolute atomic E-state index is 0.202. The van der Waals surface area contributed by atoms with Crippen LogP contribution in [0.5, 0.6) is 0 Å². The second-order valence-corrected chi connectivity index (χ2v) is 5.02. The van der Waals surface area contributed by atoms with Gasteiger partial charge in [0, 0.05) is 23.7 Å². The zero-order valence-corrected chi connectivity index (χ0v) is 11.5. The van der Waals surface area contributed by atoms with E-state index < -0.39 is 11.8 Å². The van der Waals surface area contributed by atoms with Gasteiger partial charge in [-0.2, -0.15) is 10.1 Å². The highest BCUT2D eigenvalue weighted by atomic mass is 16.3. The summed E-state index contributed by atoms with van der Waals surface area (Å²) >= 11 is 0. The molecule has 8 heteroatoms. The van der Waals surface area contributed by atoms with Crippen LogP contribution in [-0.2, 0) is 9.59 Å². The van der Waals surface area contributed by atoms with Crippen molar-refractivity contribution in [1.82, 2.24) is 15.2 Å². The van der Waals surface area contributed by atoms with Gasteiger partial charge in [0.15, 0.2) is 0 Å². The summed E-state index contributed by atoms with van der Waals surface area (Å²) < 4.78 is 5.36. The van der Waals surface area contributed by atoms with Gasteiger partial charge in [-0.1, -0.05) is 0 Å². The molecule has 2 amide bonds. The molecular weight excluding hydrogens is 286 g/mol. The van der Waals surface area contributed by atoms with Crippen molar-refractivity contribution in [1.29, 1.82) is 0 Å². The van der Waals surface area contributed by atoms with E-state index in [1.54, 1.807) is 19.4 Å². The van der Waals surface area contributed by atoms with Gasteiger partial charge in [-0.3, -0.25) is 14.9 Å². The van der Waals surface area contributed by atoms with Crippen molar-refractivity contribution in [3.8, 4) is 0 Å². The molecule has 0 radical (unpaired) electrons. The van der Waals surface area contributed by atoms with Gasteiger partial charge < -0.3 is 9.32 Å². The molecule has 4 rings (SSSR count). The predicted molar refractivity (Wildman–Crippen MR) is 77.4 cm³/mol. The van der Waals surface area contributed by atoms with Crippen LogP contribution in [0.15, 0.2) is 35.2 Å². The Hall–Kier alpha value is -3.16. The molecule has 0 aliphatic carbocycles. The lowest BCUT2D eigenvalue weighted by Crippen LogP contribution is -2.31. The fraction of sp³-hybridized carbons (Fsp3) is 0.143. The van der Waals surface area contributed by atoms with Gasteiger partial charge in [0.2, 0.25) is 17.8 Å². The number of nitrogens with one attached hydrogen (secondary N) is 2. The first kappa shape index (κ1) is 12.6. The lowest BCUT2D eigenvalue weighted by molar-refractivity contribution is -0.126. The number of likely N-dealkylation sites (N-methyl/N-ethyl adjacent to an activating group) is 1. The molecule has 3 aromatic rings. The highest BCUT2D eigenvalue weighted by Gasteiger charge is 2.41. The van der Waals surface area contributed by atoms with E-state index in [9.17, 15) is 9.59 Å². The molecule has 0 saturated carbocycles. The van der Waals surface area contributed by atoms with Crippen molar-refractivity contribution in [2.75, 3.05) is 17.3 Å². The minimum Gasteiger partial charge on any atom is -0.464 e. The first-order chi connectivity index (χ1) is 10.6. The number of hydrogen-bond acceptors (Lipinski definition) is 5. The number of aromatic nitrogens is 3. The largest absolute Gasteiger partial charge is 0.464 e. The SMILES string of the molecule is CN1C(=O)C(C(=O)Nc2ncn[nH]2)c2cc3occc3cc21. The lowest BCUT2D eigenvalue weighted by atomic mass is 9.99. The van der Waals surface area contributed by atoms with Crippen LogP contribution in [0, 0.1) is 0 Å². The van der Waals surface area contributed by atoms with Crippen LogP contribution in [0.1, 0.15) is 11.5 Å². The summed E-state index contributed by atoms with van der Waals surface area (Å²) in [6.45, 7) is 0. The number of fused-ring (bicyclic) bond motifs is 2. The number of hydrogen-bond donors (Lipinski definition) is 2. The molecule has 1 aliphatic heterocycles. The fourth-order valence-corrected chi connectivity index (χ4v) is 2.69. The number of carbonyl (C=O) groups is 2. The third kappa shape index (κ3) is 1.70. The van der Waals surface area contributed by atoms with Crippen molar-refractivity contribution in [2.24, 2.45) is 0 Å². The van der Waals surface area contributed by atoms with Crippen molar-refractivity contribution in [2.45, 2.75) is 5.92 Å². The molecule has 2 N–H and O–H groups in total. The number of carbonyl (C=O) groups excluding carboxylic acids is 2. The first-order valence-corrected chi connectivity index (χ1v) is 6.60. The van der Waals surface area contributed by atoms with E-state index in [1.807, 2.05) is 12.1 Å². The lowest BCUT2D eigenvalue weighted by Gasteiger charge is -2.10. The molecule has 2 aromatic heterocycles. The summed E-state index contributed by atoms with van der Waals surface area (Å²) in [5.74, 6) is -1.48. The van der Waals surface area contributed by atoms with Gasteiger partial charge in [-0.25, -0.2) is 5.10 Å². The van der Waals surface area contributed by atoms with Crippen LogP contribution in [0.2, 0.25) is 0 Å². The Bertz CT molecular complexity index is 883. The molecule has 1 aromatic carbocycles. The Kier molecular flexibility index (Phi) is 2.52. The Morgan fingerprint density at radius 3 is 3.09 bits per heavy atom. The van der Waals surface area contributed by atoms with Crippen LogP contribution in [0.4, 0.5) is 11.6 Å². The van der Waals surface area contributed by atoms with Gasteiger partial charge in [0.25, 0.3) is 0 Å². The summed E-state index contributed by atoms with van der Waals surface area (Å²) in [6.07, 6.45) is 2.85. The molecule has 1 unspecified atom stereocenters. The minimum atomic E-state index is -0.931. The van der Waals surface area contributed by atoms with E-state index in [0.29, 0.717) is 16.8 Å². The molecule has 22 heavy (non-hydrogen) atoms. The number of benzene rings is 1. The normalized spacial score (nSPS) is 17.0. The summed E-state index contributed by atoms with van der Waals surface area (Å²) in [4.78, 5) is 30.2. The maximum atomic E-state index is 12.4. The van der Waals surface area contributed by atoms with E-state index in [-0.39, 0.29) is 11.9 Å². The summed E-state index contributed by atoms with van der Waals surface area (Å²) in [5.41, 5.74) is 1.96. The van der Waals surface area contributed by atoms with Gasteiger partial charge in [0.05, 0.1) is 6.26 Å². The fourth-order valence-electron chi connectivity index (χ4n) is 2.69. The number of amides is 2. The van der Waals surface area contributed by atoms with E-state index >= 15 is 0 Å². The van der Waals surface area contributed by atoms with Crippen LogP contribution in [-0.4, -0.2) is 34.0 Å². The number of rotatable bonds is 2. The number of nitrogens with zero attached hydrogens (tertiary/aromatic N) is 3. The smallest absolute Gasteiger partial charge is 0.243 e. The third-order valence-corrected chi connectivity index (χ3v) is 3.77. The quantitative estimate of drug-likeness (QED) is 0.693. The first-order valence-electron chi connectivity index (χ1n) is 6.60. The highest BCUT2D eigenvalue weighted by molar-refractivity contribution is 6.20. The molecule has 8 nitrogen and oxygen atoms in total. The molecular formula is C14H11N5O3. The van der Waals surface area contributed by atoms with Gasteiger partial charge in [-0.15, -0.1) is 0 Å². The zero-order chi connectivity index (χ0) is 15.3. The monoisotopic (exact) mass is 297 g/mol. The molecule has 3 heterocycles. The van der Waals surface area contributed by atoms with Gasteiger partial charge in [-0.05, 0) is 18.2 Å². The van der Waals surface area contributed by atoms with Crippen LogP contribution >= 0.6 is 0 Å². The molecule has 0 saturated heterocycles. The molecule has 1 atom stereocenters. The Labute approximate surface area is 124 Å². The standard InChI is InChI=1S/C14H11N5O3/c1-19-9-4-7-2-3-22-10(7)5-8(9)11(13(19)21)12(20)17-14-15-6-16-18-14/h2-6,11H,1H3,(H2,15,16,17,18,20). The van der Waals surface area contributed by atoms with E-state index in [1.165, 1.54) is 11.2 Å². The molecule has 0 spiro atoms. The Morgan fingerprint density at radius 1 is 1.45 bits per heavy atom. The van der Waals surface area contributed by atoms with Gasteiger partial charge >= 0.3 is 0 Å². The van der Waals surface area contributed by atoms with Crippen molar-refractivity contribution in [3.05, 3.63) is 36.4 Å². The van der Waals surface area contributed by atoms with Crippen LogP contribution < -0.4 is 10.2 Å². The molecule has 0 bridgehead atoms. The summed E-state index contributed by atoms with van der Waals surface area (Å²) in [5, 5.41) is 9.62. The zero-order valence-electron chi connectivity index (χ0n) is 11.5. The number of H-pyrrole nitrogens is 1.